The maximum absolute atomic E-state index is 12.2. The van der Waals surface area contributed by atoms with Crippen molar-refractivity contribution in [3.8, 4) is 0 Å². The van der Waals surface area contributed by atoms with Crippen LogP contribution in [0.4, 0.5) is 5.69 Å². The fraction of sp³-hybridized carbons (Fsp3) is 0.381. The van der Waals surface area contributed by atoms with Crippen LogP contribution < -0.4 is 5.32 Å². The molecule has 1 saturated heterocycles. The standard InChI is InChI=1S/C21H23ClN4O2/c22-17-5-1-2-6-18(17)23-20(27)9-8-15-10-12-26(13-11-15)14-16-4-3-7-19-21(16)25-28-24-19/h1-7,15H,8-14H2,(H,23,27). The Balaban J connectivity index is 1.23. The Bertz CT molecular complexity index is 950. The fourth-order valence-electron chi connectivity index (χ4n) is 3.77. The lowest BCUT2D eigenvalue weighted by Crippen LogP contribution is -2.33. The van der Waals surface area contributed by atoms with Gasteiger partial charge in [0.05, 0.1) is 10.7 Å². The molecule has 1 amide bonds. The highest BCUT2D eigenvalue weighted by Gasteiger charge is 2.21. The van der Waals surface area contributed by atoms with Crippen molar-refractivity contribution in [3.05, 3.63) is 53.1 Å². The van der Waals surface area contributed by atoms with Crippen LogP contribution in [0.25, 0.3) is 11.0 Å². The number of benzene rings is 2. The van der Waals surface area contributed by atoms with Crippen molar-refractivity contribution in [2.75, 3.05) is 18.4 Å². The number of nitrogens with zero attached hydrogens (tertiary/aromatic N) is 3. The summed E-state index contributed by atoms with van der Waals surface area (Å²) in [5.41, 5.74) is 3.48. The lowest BCUT2D eigenvalue weighted by molar-refractivity contribution is -0.116. The summed E-state index contributed by atoms with van der Waals surface area (Å²) in [6, 6.07) is 13.3. The highest BCUT2D eigenvalue weighted by atomic mass is 35.5. The summed E-state index contributed by atoms with van der Waals surface area (Å²) in [6.07, 6.45) is 3.64. The van der Waals surface area contributed by atoms with Crippen LogP contribution in [-0.2, 0) is 11.3 Å². The molecular weight excluding hydrogens is 376 g/mol. The van der Waals surface area contributed by atoms with Crippen LogP contribution in [0.2, 0.25) is 5.02 Å². The normalized spacial score (nSPS) is 15.8. The Labute approximate surface area is 168 Å². The van der Waals surface area contributed by atoms with Crippen LogP contribution in [0.3, 0.4) is 0 Å². The number of halogens is 1. The summed E-state index contributed by atoms with van der Waals surface area (Å²) < 4.78 is 4.85. The van der Waals surface area contributed by atoms with E-state index in [1.54, 1.807) is 6.07 Å². The summed E-state index contributed by atoms with van der Waals surface area (Å²) in [5, 5.41) is 11.4. The summed E-state index contributed by atoms with van der Waals surface area (Å²) in [7, 11) is 0. The molecule has 1 fully saturated rings. The molecule has 146 valence electrons. The molecule has 1 aliphatic rings. The Hall–Kier alpha value is -2.44. The van der Waals surface area contributed by atoms with Crippen LogP contribution >= 0.6 is 11.6 Å². The molecular formula is C21H23ClN4O2. The number of para-hydroxylation sites is 1. The number of hydrogen-bond acceptors (Lipinski definition) is 5. The quantitative estimate of drug-likeness (QED) is 0.661. The Morgan fingerprint density at radius 2 is 1.96 bits per heavy atom. The number of rotatable bonds is 6. The molecule has 1 aliphatic heterocycles. The predicted molar refractivity (Wildman–Crippen MR) is 109 cm³/mol. The molecule has 0 radical (unpaired) electrons. The average Bonchev–Trinajstić information content (AvgIpc) is 3.19. The number of hydrogen-bond donors (Lipinski definition) is 1. The summed E-state index contributed by atoms with van der Waals surface area (Å²) in [4.78, 5) is 14.6. The van der Waals surface area contributed by atoms with E-state index in [4.69, 9.17) is 16.2 Å². The monoisotopic (exact) mass is 398 g/mol. The number of carbonyl (C=O) groups excluding carboxylic acids is 1. The summed E-state index contributed by atoms with van der Waals surface area (Å²) in [5.74, 6) is 0.610. The van der Waals surface area contributed by atoms with E-state index < -0.39 is 0 Å². The third-order valence-electron chi connectivity index (χ3n) is 5.40. The van der Waals surface area contributed by atoms with Gasteiger partial charge in [0.2, 0.25) is 5.91 Å². The Kier molecular flexibility index (Phi) is 5.88. The second kappa shape index (κ2) is 8.71. The molecule has 4 rings (SSSR count). The van der Waals surface area contributed by atoms with Crippen molar-refractivity contribution >= 4 is 34.2 Å². The van der Waals surface area contributed by atoms with Gasteiger partial charge >= 0.3 is 0 Å². The van der Waals surface area contributed by atoms with Gasteiger partial charge in [0.25, 0.3) is 0 Å². The van der Waals surface area contributed by atoms with E-state index >= 15 is 0 Å². The molecule has 2 heterocycles. The number of anilines is 1. The highest BCUT2D eigenvalue weighted by Crippen LogP contribution is 2.25. The van der Waals surface area contributed by atoms with E-state index in [-0.39, 0.29) is 5.91 Å². The smallest absolute Gasteiger partial charge is 0.224 e. The number of piperidine rings is 1. The van der Waals surface area contributed by atoms with Crippen molar-refractivity contribution in [1.82, 2.24) is 15.2 Å². The van der Waals surface area contributed by atoms with Gasteiger partial charge in [-0.05, 0) is 72.3 Å². The second-order valence-electron chi connectivity index (χ2n) is 7.34. The highest BCUT2D eigenvalue weighted by molar-refractivity contribution is 6.33. The van der Waals surface area contributed by atoms with Gasteiger partial charge < -0.3 is 5.32 Å². The molecule has 0 saturated carbocycles. The summed E-state index contributed by atoms with van der Waals surface area (Å²) in [6.45, 7) is 2.90. The minimum atomic E-state index is 0.0285. The molecule has 0 bridgehead atoms. The lowest BCUT2D eigenvalue weighted by Gasteiger charge is -2.31. The lowest BCUT2D eigenvalue weighted by atomic mass is 9.91. The van der Waals surface area contributed by atoms with Gasteiger partial charge in [-0.25, -0.2) is 4.63 Å². The first-order valence-electron chi connectivity index (χ1n) is 9.66. The van der Waals surface area contributed by atoms with Crippen LogP contribution in [-0.4, -0.2) is 34.2 Å². The zero-order valence-electron chi connectivity index (χ0n) is 15.6. The topological polar surface area (TPSA) is 71.3 Å². The van der Waals surface area contributed by atoms with Gasteiger partial charge in [0.1, 0.15) is 11.0 Å². The molecule has 0 spiro atoms. The first-order chi connectivity index (χ1) is 13.7. The SMILES string of the molecule is O=C(CCC1CCN(Cc2cccc3nonc23)CC1)Nc1ccccc1Cl. The zero-order chi connectivity index (χ0) is 19.3. The maximum Gasteiger partial charge on any atom is 0.224 e. The first kappa shape index (κ1) is 18.9. The van der Waals surface area contributed by atoms with Crippen molar-refractivity contribution in [2.45, 2.75) is 32.2 Å². The van der Waals surface area contributed by atoms with E-state index in [2.05, 4.69) is 26.6 Å². The van der Waals surface area contributed by atoms with Crippen LogP contribution in [0.15, 0.2) is 47.1 Å². The van der Waals surface area contributed by atoms with Gasteiger partial charge in [0, 0.05) is 13.0 Å². The molecule has 3 aromatic rings. The van der Waals surface area contributed by atoms with Crippen molar-refractivity contribution in [1.29, 1.82) is 0 Å². The molecule has 0 aliphatic carbocycles. The molecule has 1 N–H and O–H groups in total. The Morgan fingerprint density at radius 3 is 2.79 bits per heavy atom. The third-order valence-corrected chi connectivity index (χ3v) is 5.73. The van der Waals surface area contributed by atoms with Crippen molar-refractivity contribution in [2.24, 2.45) is 5.92 Å². The number of fused-ring (bicyclic) bond motifs is 1. The zero-order valence-corrected chi connectivity index (χ0v) is 16.4. The van der Waals surface area contributed by atoms with E-state index in [0.717, 1.165) is 55.5 Å². The number of carbonyl (C=O) groups is 1. The molecule has 28 heavy (non-hydrogen) atoms. The number of amides is 1. The largest absolute Gasteiger partial charge is 0.325 e. The first-order valence-corrected chi connectivity index (χ1v) is 10.0. The fourth-order valence-corrected chi connectivity index (χ4v) is 3.96. The van der Waals surface area contributed by atoms with E-state index in [1.165, 1.54) is 0 Å². The molecule has 6 nitrogen and oxygen atoms in total. The van der Waals surface area contributed by atoms with Crippen LogP contribution in [0.1, 0.15) is 31.2 Å². The molecule has 1 aromatic heterocycles. The minimum Gasteiger partial charge on any atom is -0.325 e. The predicted octanol–water partition coefficient (Wildman–Crippen LogP) is 4.51. The molecule has 0 atom stereocenters. The molecule has 7 heteroatoms. The van der Waals surface area contributed by atoms with Gasteiger partial charge in [-0.1, -0.05) is 35.9 Å². The van der Waals surface area contributed by atoms with Gasteiger partial charge in [-0.15, -0.1) is 0 Å². The van der Waals surface area contributed by atoms with Crippen molar-refractivity contribution < 1.29 is 9.42 Å². The molecule has 2 aromatic carbocycles. The van der Waals surface area contributed by atoms with Gasteiger partial charge in [0.15, 0.2) is 0 Å². The number of likely N-dealkylation sites (tertiary alicyclic amines) is 1. The number of aromatic nitrogens is 2. The van der Waals surface area contributed by atoms with E-state index in [0.29, 0.717) is 23.0 Å². The number of nitrogens with one attached hydrogen (secondary N) is 1. The summed E-state index contributed by atoms with van der Waals surface area (Å²) >= 11 is 6.09. The Morgan fingerprint density at radius 1 is 1.14 bits per heavy atom. The van der Waals surface area contributed by atoms with Gasteiger partial charge in [-0.2, -0.15) is 0 Å². The van der Waals surface area contributed by atoms with Crippen LogP contribution in [0.5, 0.6) is 0 Å². The van der Waals surface area contributed by atoms with Crippen LogP contribution in [0, 0.1) is 5.92 Å². The van der Waals surface area contributed by atoms with Gasteiger partial charge in [-0.3, -0.25) is 9.69 Å². The van der Waals surface area contributed by atoms with Crippen molar-refractivity contribution in [3.63, 3.8) is 0 Å². The molecule has 0 unspecified atom stereocenters. The van der Waals surface area contributed by atoms with E-state index in [1.807, 2.05) is 30.3 Å². The third kappa shape index (κ3) is 4.51. The maximum atomic E-state index is 12.2. The second-order valence-corrected chi connectivity index (χ2v) is 7.74. The average molecular weight is 399 g/mol. The minimum absolute atomic E-state index is 0.0285. The van der Waals surface area contributed by atoms with E-state index in [9.17, 15) is 4.79 Å².